The van der Waals surface area contributed by atoms with E-state index in [-0.39, 0.29) is 13.1 Å². The molecular formula is C28H22Cl2FeN2O. The van der Waals surface area contributed by atoms with Crippen LogP contribution >= 0.6 is 20.2 Å². The van der Waals surface area contributed by atoms with Gasteiger partial charge in [-0.1, -0.05) is 72.8 Å². The maximum atomic E-state index is 6.11. The molecule has 0 aliphatic carbocycles. The summed E-state index contributed by atoms with van der Waals surface area (Å²) in [5, 5.41) is 4.61. The molecule has 0 atom stereocenters. The molecule has 1 heterocycles. The number of nitrogens with zero attached hydrogens (tertiary/aromatic N) is 2. The van der Waals surface area contributed by atoms with Gasteiger partial charge in [0.05, 0.1) is 22.8 Å². The van der Waals surface area contributed by atoms with E-state index in [2.05, 4.69) is 36.4 Å². The molecule has 0 bridgehead atoms. The average Bonchev–Trinajstić information content (AvgIpc) is 3.36. The Morgan fingerprint density at radius 1 is 0.588 bits per heavy atom. The summed E-state index contributed by atoms with van der Waals surface area (Å²) in [5.74, 6) is 1.49. The van der Waals surface area contributed by atoms with Crippen molar-refractivity contribution in [2.45, 2.75) is 13.8 Å². The number of aliphatic imine (C=N–C) groups is 2. The Bertz CT molecular complexity index is 1370. The number of hydrogen-bond acceptors (Lipinski definition) is 3. The van der Waals surface area contributed by atoms with Gasteiger partial charge in [-0.3, -0.25) is 0 Å². The van der Waals surface area contributed by atoms with Crippen LogP contribution in [0.15, 0.2) is 111 Å². The van der Waals surface area contributed by atoms with Crippen LogP contribution in [-0.4, -0.2) is 11.4 Å². The van der Waals surface area contributed by atoms with Crippen molar-refractivity contribution in [2.75, 3.05) is 0 Å². The second kappa shape index (κ2) is 11.5. The van der Waals surface area contributed by atoms with Crippen molar-refractivity contribution < 1.29 is 17.6 Å². The van der Waals surface area contributed by atoms with Gasteiger partial charge >= 0.3 is 33.3 Å². The summed E-state index contributed by atoms with van der Waals surface area (Å²) in [6.45, 7) is 3.95. The van der Waals surface area contributed by atoms with E-state index in [0.717, 1.165) is 45.1 Å². The number of hydrogen-bond donors (Lipinski definition) is 0. The molecule has 0 N–H and O–H groups in total. The Kier molecular flexibility index (Phi) is 8.20. The van der Waals surface area contributed by atoms with Gasteiger partial charge in [0.25, 0.3) is 0 Å². The summed E-state index contributed by atoms with van der Waals surface area (Å²) in [4.78, 5) is 9.68. The molecule has 5 aromatic rings. The first-order chi connectivity index (χ1) is 16.6. The van der Waals surface area contributed by atoms with Gasteiger partial charge in [0, 0.05) is 10.8 Å². The van der Waals surface area contributed by atoms with Crippen molar-refractivity contribution in [3.63, 3.8) is 0 Å². The van der Waals surface area contributed by atoms with Crippen LogP contribution in [0.5, 0.6) is 0 Å². The third-order valence-electron chi connectivity index (χ3n) is 5.43. The fourth-order valence-electron chi connectivity index (χ4n) is 3.81. The minimum absolute atomic E-state index is 0.194. The molecule has 0 aliphatic heterocycles. The third-order valence-corrected chi connectivity index (χ3v) is 5.43. The molecule has 0 saturated heterocycles. The van der Waals surface area contributed by atoms with Crippen LogP contribution in [0, 0.1) is 0 Å². The van der Waals surface area contributed by atoms with Crippen molar-refractivity contribution >= 4 is 64.5 Å². The maximum absolute atomic E-state index is 6.11. The van der Waals surface area contributed by atoms with Crippen LogP contribution in [0.3, 0.4) is 0 Å². The average molecular weight is 529 g/mol. The van der Waals surface area contributed by atoms with Crippen molar-refractivity contribution in [2.24, 2.45) is 9.98 Å². The Morgan fingerprint density at radius 3 is 1.41 bits per heavy atom. The first-order valence-electron chi connectivity index (χ1n) is 10.6. The zero-order valence-corrected chi connectivity index (χ0v) is 21.3. The molecule has 0 saturated carbocycles. The first kappa shape index (κ1) is 24.3. The Labute approximate surface area is 213 Å². The van der Waals surface area contributed by atoms with Gasteiger partial charge in [0.15, 0.2) is 0 Å². The first-order valence-corrected chi connectivity index (χ1v) is 13.7. The molecule has 0 spiro atoms. The SMILES string of the molecule is CC(=Nc1cccc2ccccc12)c1ccc(C(C)=Nc2cccc3ccccc23)o1.[Cl][Fe][Cl]. The zero-order valence-electron chi connectivity index (χ0n) is 18.6. The quantitative estimate of drug-likeness (QED) is 0.169. The van der Waals surface area contributed by atoms with Crippen LogP contribution in [-0.2, 0) is 13.1 Å². The fourth-order valence-corrected chi connectivity index (χ4v) is 3.81. The molecule has 6 heteroatoms. The summed E-state index contributed by atoms with van der Waals surface area (Å²) in [6, 6.07) is 32.8. The summed E-state index contributed by atoms with van der Waals surface area (Å²) >= 11 is 0.194. The van der Waals surface area contributed by atoms with E-state index < -0.39 is 0 Å². The topological polar surface area (TPSA) is 37.9 Å². The van der Waals surface area contributed by atoms with E-state index in [1.807, 2.05) is 74.5 Å². The number of benzene rings is 4. The zero-order chi connectivity index (χ0) is 23.9. The number of halogens is 2. The van der Waals surface area contributed by atoms with Gasteiger partial charge in [-0.05, 0) is 48.9 Å². The van der Waals surface area contributed by atoms with Crippen molar-refractivity contribution in [3.8, 4) is 0 Å². The molecule has 0 amide bonds. The van der Waals surface area contributed by atoms with Gasteiger partial charge in [0.1, 0.15) is 11.5 Å². The number of furan rings is 1. The normalized spacial score (nSPS) is 12.1. The van der Waals surface area contributed by atoms with Crippen molar-refractivity contribution in [3.05, 3.63) is 109 Å². The molecule has 0 fully saturated rings. The summed E-state index contributed by atoms with van der Waals surface area (Å²) < 4.78 is 6.11. The van der Waals surface area contributed by atoms with E-state index in [1.54, 1.807) is 0 Å². The number of rotatable bonds is 4. The van der Waals surface area contributed by atoms with Crippen molar-refractivity contribution in [1.29, 1.82) is 0 Å². The molecule has 5 rings (SSSR count). The van der Waals surface area contributed by atoms with Crippen LogP contribution < -0.4 is 0 Å². The monoisotopic (exact) mass is 528 g/mol. The van der Waals surface area contributed by atoms with Crippen molar-refractivity contribution in [1.82, 2.24) is 0 Å². The van der Waals surface area contributed by atoms with E-state index >= 15 is 0 Å². The third kappa shape index (κ3) is 5.60. The van der Waals surface area contributed by atoms with E-state index in [1.165, 1.54) is 10.8 Å². The molecule has 0 unspecified atom stereocenters. The molecule has 0 aliphatic rings. The standard InChI is InChI=1S/C28H22N2O.2ClH.Fe/c1-19(29-25-15-7-11-21-9-3-5-13-23(21)25)27-17-18-28(31-27)20(2)30-26-16-8-12-22-10-4-6-14-24(22)26;;;/h3-18H,1-2H3;2*1H;/q;;;+2/p-2. The van der Waals surface area contributed by atoms with Crippen LogP contribution in [0.25, 0.3) is 21.5 Å². The van der Waals surface area contributed by atoms with E-state index in [9.17, 15) is 0 Å². The molecular weight excluding hydrogens is 507 g/mol. The van der Waals surface area contributed by atoms with Gasteiger partial charge in [-0.2, -0.15) is 0 Å². The molecule has 3 nitrogen and oxygen atoms in total. The fraction of sp³-hybridized carbons (Fsp3) is 0.0714. The Morgan fingerprint density at radius 2 is 0.971 bits per heavy atom. The Balaban J connectivity index is 0.000000868. The van der Waals surface area contributed by atoms with Crippen LogP contribution in [0.2, 0.25) is 0 Å². The van der Waals surface area contributed by atoms with Gasteiger partial charge in [-0.25, -0.2) is 9.98 Å². The van der Waals surface area contributed by atoms with Crippen LogP contribution in [0.4, 0.5) is 11.4 Å². The summed E-state index contributed by atoms with van der Waals surface area (Å²) in [6.07, 6.45) is 0. The van der Waals surface area contributed by atoms with Gasteiger partial charge < -0.3 is 4.42 Å². The second-order valence-corrected chi connectivity index (χ2v) is 9.43. The van der Waals surface area contributed by atoms with E-state index in [0.29, 0.717) is 0 Å². The second-order valence-electron chi connectivity index (χ2n) is 7.61. The predicted octanol–water partition coefficient (Wildman–Crippen LogP) is 9.24. The molecule has 34 heavy (non-hydrogen) atoms. The minimum atomic E-state index is 0.194. The molecule has 172 valence electrons. The molecule has 0 radical (unpaired) electrons. The van der Waals surface area contributed by atoms with Gasteiger partial charge in [0.2, 0.25) is 0 Å². The Hall–Kier alpha value is -2.88. The van der Waals surface area contributed by atoms with Crippen LogP contribution in [0.1, 0.15) is 25.4 Å². The predicted molar refractivity (Wildman–Crippen MR) is 142 cm³/mol. The van der Waals surface area contributed by atoms with E-state index in [4.69, 9.17) is 34.6 Å². The van der Waals surface area contributed by atoms with Gasteiger partial charge in [-0.15, -0.1) is 0 Å². The molecule has 4 aromatic carbocycles. The summed E-state index contributed by atoms with van der Waals surface area (Å²) in [5.41, 5.74) is 3.55. The summed E-state index contributed by atoms with van der Waals surface area (Å²) in [7, 11) is 9.53. The number of fused-ring (bicyclic) bond motifs is 2. The molecule has 1 aromatic heterocycles.